The number of carbonyl (C=O) groups is 1. The molecular formula is C21H15F3N4OS. The maximum Gasteiger partial charge on any atom is 0.416 e. The van der Waals surface area contributed by atoms with Crippen LogP contribution in [0.1, 0.15) is 29.7 Å². The second-order valence-corrected chi connectivity index (χ2v) is 7.27. The van der Waals surface area contributed by atoms with Gasteiger partial charge in [0.25, 0.3) is 0 Å². The third-order valence-corrected chi connectivity index (χ3v) is 5.47. The highest BCUT2D eigenvalue weighted by Crippen LogP contribution is 2.39. The Balaban J connectivity index is 2.11. The number of anilines is 1. The summed E-state index contributed by atoms with van der Waals surface area (Å²) in [6.45, 7) is 9.15. The number of benzene rings is 2. The van der Waals surface area contributed by atoms with Crippen molar-refractivity contribution in [2.75, 3.05) is 11.2 Å². The summed E-state index contributed by atoms with van der Waals surface area (Å²) in [5, 5.41) is 11.8. The van der Waals surface area contributed by atoms with Crippen molar-refractivity contribution >= 4 is 23.5 Å². The quantitative estimate of drug-likeness (QED) is 0.502. The minimum absolute atomic E-state index is 0.0179. The van der Waals surface area contributed by atoms with Crippen molar-refractivity contribution in [2.24, 2.45) is 0 Å². The predicted molar refractivity (Wildman–Crippen MR) is 107 cm³/mol. The van der Waals surface area contributed by atoms with Gasteiger partial charge in [-0.3, -0.25) is 4.90 Å². The summed E-state index contributed by atoms with van der Waals surface area (Å²) in [6, 6.07) is 9.97. The molecule has 0 bridgehead atoms. The first-order chi connectivity index (χ1) is 14.2. The van der Waals surface area contributed by atoms with Gasteiger partial charge in [0.2, 0.25) is 5.70 Å². The first kappa shape index (κ1) is 21.3. The average Bonchev–Trinajstić information content (AvgIpc) is 2.72. The molecule has 152 valence electrons. The van der Waals surface area contributed by atoms with Crippen LogP contribution in [0.3, 0.4) is 0 Å². The summed E-state index contributed by atoms with van der Waals surface area (Å²) >= 11 is 1.37. The molecule has 2 aromatic rings. The lowest BCUT2D eigenvalue weighted by Crippen LogP contribution is -2.46. The molecule has 1 atom stereocenters. The van der Waals surface area contributed by atoms with Gasteiger partial charge in [-0.05, 0) is 49.1 Å². The number of thioether (sulfide) groups is 1. The monoisotopic (exact) mass is 428 g/mol. The van der Waals surface area contributed by atoms with Crippen molar-refractivity contribution in [1.29, 1.82) is 5.26 Å². The van der Waals surface area contributed by atoms with Crippen LogP contribution in [-0.4, -0.2) is 12.3 Å². The zero-order chi connectivity index (χ0) is 22.1. The molecule has 0 saturated carbocycles. The predicted octanol–water partition coefficient (Wildman–Crippen LogP) is 5.72. The lowest BCUT2D eigenvalue weighted by Gasteiger charge is -2.34. The topological polar surface area (TPSA) is 60.5 Å². The smallest absolute Gasteiger partial charge is 0.335 e. The van der Waals surface area contributed by atoms with Crippen LogP contribution in [0.4, 0.5) is 23.7 Å². The number of rotatable bonds is 3. The number of alkyl halides is 3. The molecular weight excluding hydrogens is 413 g/mol. The number of hydrogen-bond donors (Lipinski definition) is 1. The van der Waals surface area contributed by atoms with E-state index in [4.69, 9.17) is 11.8 Å². The lowest BCUT2D eigenvalue weighted by atomic mass is 9.99. The van der Waals surface area contributed by atoms with Crippen molar-refractivity contribution in [3.05, 3.63) is 82.0 Å². The molecule has 0 fully saturated rings. The zero-order valence-electron chi connectivity index (χ0n) is 15.9. The van der Waals surface area contributed by atoms with E-state index in [0.717, 1.165) is 21.9 Å². The highest BCUT2D eigenvalue weighted by molar-refractivity contribution is 7.98. The third kappa shape index (κ3) is 3.85. The molecule has 1 aliphatic rings. The average molecular weight is 428 g/mol. The van der Waals surface area contributed by atoms with Gasteiger partial charge in [0.05, 0.1) is 29.8 Å². The Morgan fingerprint density at radius 3 is 2.60 bits per heavy atom. The molecule has 30 heavy (non-hydrogen) atoms. The Hall–Kier alpha value is -3.43. The van der Waals surface area contributed by atoms with Gasteiger partial charge < -0.3 is 5.32 Å². The van der Waals surface area contributed by atoms with Gasteiger partial charge in [-0.15, -0.1) is 11.8 Å². The van der Waals surface area contributed by atoms with Gasteiger partial charge >= 0.3 is 12.2 Å². The maximum atomic E-state index is 13.1. The van der Waals surface area contributed by atoms with E-state index < -0.39 is 23.8 Å². The Morgan fingerprint density at radius 1 is 1.27 bits per heavy atom. The summed E-state index contributed by atoms with van der Waals surface area (Å²) in [4.78, 5) is 18.2. The Labute approximate surface area is 175 Å². The second-order valence-electron chi connectivity index (χ2n) is 6.42. The van der Waals surface area contributed by atoms with Gasteiger partial charge in [0.15, 0.2) is 0 Å². The van der Waals surface area contributed by atoms with E-state index in [2.05, 4.69) is 10.2 Å². The van der Waals surface area contributed by atoms with Crippen LogP contribution in [0, 0.1) is 17.9 Å². The molecule has 3 rings (SSSR count). The van der Waals surface area contributed by atoms with Crippen LogP contribution in [0.2, 0.25) is 0 Å². The number of nitrogens with one attached hydrogen (secondary N) is 1. The number of amides is 2. The molecule has 1 heterocycles. The molecule has 0 radical (unpaired) electrons. The van der Waals surface area contributed by atoms with Crippen LogP contribution < -0.4 is 10.2 Å². The van der Waals surface area contributed by atoms with Crippen molar-refractivity contribution < 1.29 is 18.0 Å². The summed E-state index contributed by atoms with van der Waals surface area (Å²) in [5.41, 5.74) is 0.652. The highest BCUT2D eigenvalue weighted by atomic mass is 32.2. The van der Waals surface area contributed by atoms with Crippen LogP contribution in [0.5, 0.6) is 0 Å². The minimum Gasteiger partial charge on any atom is -0.335 e. The molecule has 0 saturated heterocycles. The summed E-state index contributed by atoms with van der Waals surface area (Å²) in [7, 11) is 0. The number of nitriles is 1. The van der Waals surface area contributed by atoms with Crippen molar-refractivity contribution in [2.45, 2.75) is 24.0 Å². The van der Waals surface area contributed by atoms with Crippen LogP contribution in [-0.2, 0) is 6.18 Å². The molecule has 5 nitrogen and oxygen atoms in total. The van der Waals surface area contributed by atoms with Gasteiger partial charge in [-0.2, -0.15) is 18.4 Å². The molecule has 1 N–H and O–H groups in total. The molecule has 0 spiro atoms. The first-order valence-electron chi connectivity index (χ1n) is 8.65. The normalized spacial score (nSPS) is 16.7. The SMILES string of the molecule is [C-]#[N+]C1=C(C)N(c2cccc(C(F)(F)F)c2)C(=O)N[C@@H]1c1ccc(C#N)cc1SC. The molecule has 2 amide bonds. The molecule has 2 aromatic carbocycles. The van der Waals surface area contributed by atoms with E-state index in [1.807, 2.05) is 12.3 Å². The van der Waals surface area contributed by atoms with Gasteiger partial charge in [-0.1, -0.05) is 12.1 Å². The Kier molecular flexibility index (Phi) is 5.77. The van der Waals surface area contributed by atoms with Crippen LogP contribution >= 0.6 is 11.8 Å². The van der Waals surface area contributed by atoms with E-state index in [9.17, 15) is 18.0 Å². The molecule has 1 aliphatic heterocycles. The standard InChI is InChI=1S/C21H15F3N4OS/c1-12-18(26-2)19(16-8-7-13(11-25)9-17(16)30-3)27-20(29)28(12)15-6-4-5-14(10-15)21(22,23)24/h4-10,19H,1,3H3,(H,27,29)/t19-/m1/s1. The van der Waals surface area contributed by atoms with Crippen molar-refractivity contribution in [1.82, 2.24) is 5.32 Å². The second kappa shape index (κ2) is 8.13. The summed E-state index contributed by atoms with van der Waals surface area (Å²) < 4.78 is 39.3. The number of hydrogen-bond acceptors (Lipinski definition) is 3. The van der Waals surface area contributed by atoms with E-state index in [-0.39, 0.29) is 17.1 Å². The lowest BCUT2D eigenvalue weighted by molar-refractivity contribution is -0.137. The summed E-state index contributed by atoms with van der Waals surface area (Å²) in [6.07, 6.45) is -2.74. The molecule has 0 aromatic heterocycles. The third-order valence-electron chi connectivity index (χ3n) is 4.68. The van der Waals surface area contributed by atoms with Crippen molar-refractivity contribution in [3.8, 4) is 6.07 Å². The first-order valence-corrected chi connectivity index (χ1v) is 9.88. The van der Waals surface area contributed by atoms with Crippen molar-refractivity contribution in [3.63, 3.8) is 0 Å². The van der Waals surface area contributed by atoms with E-state index in [1.165, 1.54) is 30.8 Å². The van der Waals surface area contributed by atoms with Gasteiger partial charge in [0, 0.05) is 16.3 Å². The Bertz CT molecular complexity index is 1130. The van der Waals surface area contributed by atoms with E-state index in [0.29, 0.717) is 11.1 Å². The minimum atomic E-state index is -4.55. The number of halogens is 3. The fraction of sp³-hybridized carbons (Fsp3) is 0.190. The maximum absolute atomic E-state index is 13.1. The number of urea groups is 1. The summed E-state index contributed by atoms with van der Waals surface area (Å²) in [5.74, 6) is 0. The van der Waals surface area contributed by atoms with E-state index in [1.54, 1.807) is 18.2 Å². The highest BCUT2D eigenvalue weighted by Gasteiger charge is 2.36. The zero-order valence-corrected chi connectivity index (χ0v) is 16.7. The Morgan fingerprint density at radius 2 is 2.00 bits per heavy atom. The van der Waals surface area contributed by atoms with E-state index >= 15 is 0 Å². The largest absolute Gasteiger partial charge is 0.416 e. The fourth-order valence-corrected chi connectivity index (χ4v) is 3.92. The van der Waals surface area contributed by atoms with Gasteiger partial charge in [-0.25, -0.2) is 9.64 Å². The molecule has 9 heteroatoms. The van der Waals surface area contributed by atoms with Crippen LogP contribution in [0.15, 0.2) is 58.8 Å². The number of nitrogens with zero attached hydrogens (tertiary/aromatic N) is 3. The number of carbonyl (C=O) groups excluding carboxylic acids is 1. The molecule has 0 unspecified atom stereocenters. The van der Waals surface area contributed by atoms with Gasteiger partial charge in [0.1, 0.15) is 0 Å². The number of allylic oxidation sites excluding steroid dienone is 1. The fourth-order valence-electron chi connectivity index (χ4n) is 3.25. The molecule has 0 aliphatic carbocycles. The van der Waals surface area contributed by atoms with Crippen LogP contribution in [0.25, 0.3) is 4.85 Å².